The molecule has 112 valence electrons. The number of hydrogen-bond donors (Lipinski definition) is 1. The van der Waals surface area contributed by atoms with E-state index in [1.54, 1.807) is 24.3 Å². The van der Waals surface area contributed by atoms with Crippen molar-refractivity contribution < 1.29 is 13.2 Å². The molecule has 0 aliphatic carbocycles. The highest BCUT2D eigenvalue weighted by Crippen LogP contribution is 2.30. The summed E-state index contributed by atoms with van der Waals surface area (Å²) in [4.78, 5) is 0.137. The van der Waals surface area contributed by atoms with Crippen molar-refractivity contribution in [3.05, 3.63) is 50.4 Å². The van der Waals surface area contributed by atoms with Crippen LogP contribution in [0.1, 0.15) is 0 Å². The van der Waals surface area contributed by atoms with Crippen LogP contribution in [0.4, 0.5) is 5.69 Å². The monoisotopic (exact) mass is 453 g/mol. The summed E-state index contributed by atoms with van der Waals surface area (Å²) in [7, 11) is -2.22. The van der Waals surface area contributed by atoms with E-state index in [-0.39, 0.29) is 4.90 Å². The number of nitrogens with one attached hydrogen (secondary N) is 1. The van der Waals surface area contributed by atoms with E-state index >= 15 is 0 Å². The molecule has 4 nitrogen and oxygen atoms in total. The zero-order valence-corrected chi connectivity index (χ0v) is 15.5. The van der Waals surface area contributed by atoms with Crippen molar-refractivity contribution in [1.82, 2.24) is 0 Å². The molecule has 2 aromatic rings. The van der Waals surface area contributed by atoms with Gasteiger partial charge in [0.15, 0.2) is 0 Å². The molecule has 0 aliphatic heterocycles. The van der Waals surface area contributed by atoms with Crippen LogP contribution in [-0.4, -0.2) is 15.5 Å². The van der Waals surface area contributed by atoms with Gasteiger partial charge in [-0.3, -0.25) is 4.72 Å². The fourth-order valence-electron chi connectivity index (χ4n) is 1.63. The second kappa shape index (κ2) is 6.56. The van der Waals surface area contributed by atoms with Crippen LogP contribution in [0.2, 0.25) is 5.02 Å². The van der Waals surface area contributed by atoms with Gasteiger partial charge >= 0.3 is 0 Å². The van der Waals surface area contributed by atoms with E-state index in [2.05, 4.69) is 36.6 Å². The molecule has 0 unspecified atom stereocenters. The van der Waals surface area contributed by atoms with E-state index in [0.29, 0.717) is 20.9 Å². The predicted octanol–water partition coefficient (Wildman–Crippen LogP) is 4.67. The average molecular weight is 456 g/mol. The summed E-state index contributed by atoms with van der Waals surface area (Å²) in [5.74, 6) is 0.476. The third-order valence-electron chi connectivity index (χ3n) is 2.59. The second-order valence-electron chi connectivity index (χ2n) is 4.03. The van der Waals surface area contributed by atoms with Gasteiger partial charge in [-0.1, -0.05) is 27.5 Å². The highest BCUT2D eigenvalue weighted by molar-refractivity contribution is 9.11. The smallest absolute Gasteiger partial charge is 0.263 e. The number of ether oxygens (including phenoxy) is 1. The molecular weight excluding hydrogens is 445 g/mol. The van der Waals surface area contributed by atoms with Crippen molar-refractivity contribution >= 4 is 59.2 Å². The maximum atomic E-state index is 12.4. The molecule has 2 aromatic carbocycles. The van der Waals surface area contributed by atoms with Gasteiger partial charge in [0.25, 0.3) is 10.0 Å². The van der Waals surface area contributed by atoms with Crippen molar-refractivity contribution in [2.75, 3.05) is 11.8 Å². The maximum Gasteiger partial charge on any atom is 0.263 e. The average Bonchev–Trinajstić information content (AvgIpc) is 2.37. The molecule has 0 saturated heterocycles. The Morgan fingerprint density at radius 2 is 1.86 bits per heavy atom. The van der Waals surface area contributed by atoms with Crippen LogP contribution in [-0.2, 0) is 10.0 Å². The fourth-order valence-corrected chi connectivity index (χ4v) is 4.69. The Balaban J connectivity index is 2.35. The molecule has 0 radical (unpaired) electrons. The predicted molar refractivity (Wildman–Crippen MR) is 90.7 cm³/mol. The van der Waals surface area contributed by atoms with Crippen molar-refractivity contribution in [2.24, 2.45) is 0 Å². The van der Waals surface area contributed by atoms with E-state index in [9.17, 15) is 8.42 Å². The Bertz CT molecular complexity index is 781. The van der Waals surface area contributed by atoms with Crippen LogP contribution in [0.5, 0.6) is 5.75 Å². The minimum absolute atomic E-state index is 0.137. The Morgan fingerprint density at radius 1 is 1.14 bits per heavy atom. The summed E-state index contributed by atoms with van der Waals surface area (Å²) in [6, 6.07) is 9.48. The number of anilines is 1. The van der Waals surface area contributed by atoms with Gasteiger partial charge in [-0.25, -0.2) is 8.42 Å². The summed E-state index contributed by atoms with van der Waals surface area (Å²) in [6.07, 6.45) is 0. The molecule has 0 spiro atoms. The minimum Gasteiger partial charge on any atom is -0.495 e. The van der Waals surface area contributed by atoms with Crippen LogP contribution in [0.25, 0.3) is 0 Å². The maximum absolute atomic E-state index is 12.4. The zero-order valence-electron chi connectivity index (χ0n) is 10.7. The molecule has 8 heteroatoms. The van der Waals surface area contributed by atoms with Crippen molar-refractivity contribution in [3.8, 4) is 5.75 Å². The van der Waals surface area contributed by atoms with Crippen molar-refractivity contribution in [3.63, 3.8) is 0 Å². The topological polar surface area (TPSA) is 55.4 Å². The summed E-state index contributed by atoms with van der Waals surface area (Å²) in [6.45, 7) is 0. The first kappa shape index (κ1) is 16.6. The summed E-state index contributed by atoms with van der Waals surface area (Å²) in [5, 5.41) is 0.326. The van der Waals surface area contributed by atoms with E-state index in [4.69, 9.17) is 16.3 Å². The first-order valence-corrected chi connectivity index (χ1v) is 9.09. The van der Waals surface area contributed by atoms with E-state index in [1.165, 1.54) is 19.2 Å². The molecule has 0 fully saturated rings. The van der Waals surface area contributed by atoms with Gasteiger partial charge < -0.3 is 4.74 Å². The molecular formula is C13H10Br2ClNO3S. The Morgan fingerprint density at radius 3 is 2.43 bits per heavy atom. The molecule has 0 heterocycles. The number of sulfonamides is 1. The standard InChI is InChI=1S/C13H10Br2ClNO3S/c1-20-12-4-3-9(7-11(12)16)17-21(18,19)13-5-2-8(14)6-10(13)15/h2-7,17H,1H3. The highest BCUT2D eigenvalue weighted by atomic mass is 79.9. The third-order valence-corrected chi connectivity index (χ3v) is 5.73. The number of rotatable bonds is 4. The van der Waals surface area contributed by atoms with Crippen LogP contribution >= 0.6 is 43.5 Å². The number of hydrogen-bond acceptors (Lipinski definition) is 3. The second-order valence-corrected chi connectivity index (χ2v) is 7.86. The number of benzene rings is 2. The van der Waals surface area contributed by atoms with E-state index in [1.807, 2.05) is 0 Å². The first-order valence-electron chi connectivity index (χ1n) is 5.65. The van der Waals surface area contributed by atoms with Crippen molar-refractivity contribution in [1.29, 1.82) is 0 Å². The molecule has 2 rings (SSSR count). The Kier molecular flexibility index (Phi) is 5.19. The molecule has 21 heavy (non-hydrogen) atoms. The SMILES string of the molecule is COc1ccc(NS(=O)(=O)c2ccc(Br)cc2Br)cc1Cl. The largest absolute Gasteiger partial charge is 0.495 e. The lowest BCUT2D eigenvalue weighted by molar-refractivity contribution is 0.415. The normalized spacial score (nSPS) is 11.2. The minimum atomic E-state index is -3.71. The highest BCUT2D eigenvalue weighted by Gasteiger charge is 2.18. The van der Waals surface area contributed by atoms with Crippen molar-refractivity contribution in [2.45, 2.75) is 4.90 Å². The fraction of sp³-hybridized carbons (Fsp3) is 0.0769. The van der Waals surface area contributed by atoms with Gasteiger partial charge in [0.05, 0.1) is 17.8 Å². The number of halogens is 3. The van der Waals surface area contributed by atoms with Gasteiger partial charge in [-0.2, -0.15) is 0 Å². The van der Waals surface area contributed by atoms with E-state index in [0.717, 1.165) is 4.47 Å². The molecule has 1 N–H and O–H groups in total. The van der Waals surface area contributed by atoms with Crippen LogP contribution in [0.3, 0.4) is 0 Å². The Hall–Kier alpha value is -0.760. The lowest BCUT2D eigenvalue weighted by Gasteiger charge is -2.11. The first-order chi connectivity index (χ1) is 9.83. The molecule has 0 atom stereocenters. The molecule has 0 aliphatic rings. The van der Waals surface area contributed by atoms with Crippen LogP contribution in [0.15, 0.2) is 50.2 Å². The third kappa shape index (κ3) is 3.91. The van der Waals surface area contributed by atoms with Crippen LogP contribution in [0, 0.1) is 0 Å². The lowest BCUT2D eigenvalue weighted by atomic mass is 10.3. The quantitative estimate of drug-likeness (QED) is 0.729. The van der Waals surface area contributed by atoms with Gasteiger partial charge in [-0.15, -0.1) is 0 Å². The van der Waals surface area contributed by atoms with Gasteiger partial charge in [-0.05, 0) is 52.3 Å². The van der Waals surface area contributed by atoms with Gasteiger partial charge in [0, 0.05) is 8.95 Å². The summed E-state index contributed by atoms with van der Waals surface area (Å²) in [5.41, 5.74) is 0.357. The molecule has 0 saturated carbocycles. The molecule has 0 bridgehead atoms. The number of methoxy groups -OCH3 is 1. The zero-order chi connectivity index (χ0) is 15.6. The van der Waals surface area contributed by atoms with E-state index < -0.39 is 10.0 Å². The Labute approximate surface area is 144 Å². The van der Waals surface area contributed by atoms with Crippen LogP contribution < -0.4 is 9.46 Å². The summed E-state index contributed by atoms with van der Waals surface area (Å²) < 4.78 is 33.5. The van der Waals surface area contributed by atoms with Gasteiger partial charge in [0.2, 0.25) is 0 Å². The molecule has 0 amide bonds. The molecule has 0 aromatic heterocycles. The summed E-state index contributed by atoms with van der Waals surface area (Å²) >= 11 is 12.5. The lowest BCUT2D eigenvalue weighted by Crippen LogP contribution is -2.13. The van der Waals surface area contributed by atoms with Gasteiger partial charge in [0.1, 0.15) is 10.6 Å².